The molecule has 2 atom stereocenters. The van der Waals surface area contributed by atoms with Crippen LogP contribution in [0.15, 0.2) is 18.2 Å². The summed E-state index contributed by atoms with van der Waals surface area (Å²) in [6.07, 6.45) is 0.0187. The number of carbonyl (C=O) groups is 2. The highest BCUT2D eigenvalue weighted by Crippen LogP contribution is 2.40. The van der Waals surface area contributed by atoms with Crippen LogP contribution in [-0.4, -0.2) is 43.2 Å². The fourth-order valence-electron chi connectivity index (χ4n) is 2.58. The summed E-state index contributed by atoms with van der Waals surface area (Å²) in [5.74, 6) is -0.803. The molecule has 1 aromatic carbocycles. The van der Waals surface area contributed by atoms with Gasteiger partial charge in [0.2, 0.25) is 5.91 Å². The lowest BCUT2D eigenvalue weighted by atomic mass is 9.93. The third-order valence-electron chi connectivity index (χ3n) is 3.65. The molecule has 6 nitrogen and oxygen atoms in total. The Morgan fingerprint density at radius 3 is 2.50 bits per heavy atom. The first-order chi connectivity index (χ1) is 9.49. The maximum absolute atomic E-state index is 11.8. The van der Waals surface area contributed by atoms with Crippen molar-refractivity contribution in [3.8, 4) is 11.5 Å². The Bertz CT molecular complexity index is 542. The monoisotopic (exact) mass is 279 g/mol. The molecule has 1 aliphatic heterocycles. The van der Waals surface area contributed by atoms with Crippen molar-refractivity contribution in [3.05, 3.63) is 23.8 Å². The van der Waals surface area contributed by atoms with Crippen LogP contribution in [0.3, 0.4) is 0 Å². The number of likely N-dealkylation sites (tertiary alicyclic amines) is 1. The van der Waals surface area contributed by atoms with Crippen LogP contribution >= 0.6 is 0 Å². The van der Waals surface area contributed by atoms with Crippen molar-refractivity contribution < 1.29 is 24.2 Å². The van der Waals surface area contributed by atoms with Crippen LogP contribution in [0.5, 0.6) is 11.5 Å². The van der Waals surface area contributed by atoms with E-state index in [4.69, 9.17) is 9.47 Å². The fourth-order valence-corrected chi connectivity index (χ4v) is 2.58. The predicted octanol–water partition coefficient (Wildman–Crippen LogP) is 1.31. The average Bonchev–Trinajstić information content (AvgIpc) is 2.74. The Morgan fingerprint density at radius 2 is 1.95 bits per heavy atom. The number of amides is 1. The molecule has 0 radical (unpaired) electrons. The largest absolute Gasteiger partial charge is 0.493 e. The molecule has 0 aromatic heterocycles. The van der Waals surface area contributed by atoms with Crippen molar-refractivity contribution in [1.29, 1.82) is 0 Å². The van der Waals surface area contributed by atoms with Gasteiger partial charge in [0.1, 0.15) is 0 Å². The van der Waals surface area contributed by atoms with Crippen molar-refractivity contribution in [2.24, 2.45) is 5.92 Å². The van der Waals surface area contributed by atoms with Gasteiger partial charge >= 0.3 is 5.97 Å². The second-order valence-corrected chi connectivity index (χ2v) is 4.71. The van der Waals surface area contributed by atoms with Crippen molar-refractivity contribution in [1.82, 2.24) is 4.90 Å². The van der Waals surface area contributed by atoms with Crippen molar-refractivity contribution in [2.45, 2.75) is 12.5 Å². The molecule has 0 bridgehead atoms. The van der Waals surface area contributed by atoms with Gasteiger partial charge in [-0.1, -0.05) is 6.07 Å². The highest BCUT2D eigenvalue weighted by atomic mass is 16.5. The lowest BCUT2D eigenvalue weighted by Gasteiger charge is -2.24. The third-order valence-corrected chi connectivity index (χ3v) is 3.65. The molecule has 1 saturated heterocycles. The molecule has 1 amide bonds. The first-order valence-electron chi connectivity index (χ1n) is 6.20. The zero-order valence-electron chi connectivity index (χ0n) is 11.6. The van der Waals surface area contributed by atoms with Crippen LogP contribution in [0.25, 0.3) is 0 Å². The third kappa shape index (κ3) is 2.29. The van der Waals surface area contributed by atoms with Crippen LogP contribution in [0.4, 0.5) is 0 Å². The van der Waals surface area contributed by atoms with E-state index < -0.39 is 17.9 Å². The molecule has 0 unspecified atom stereocenters. The number of hydrogen-bond acceptors (Lipinski definition) is 4. The predicted molar refractivity (Wildman–Crippen MR) is 70.8 cm³/mol. The minimum atomic E-state index is -0.970. The standard InChI is InChI=1S/C14H17NO5/c1-15-12(16)7-9(14(17)18)13(15)8-4-5-10(19-2)11(6-8)20-3/h4-6,9,13H,7H2,1-3H3,(H,17,18)/t9-,13-/m1/s1. The molecule has 108 valence electrons. The van der Waals surface area contributed by atoms with Gasteiger partial charge in [0.25, 0.3) is 0 Å². The van der Waals surface area contributed by atoms with E-state index in [0.717, 1.165) is 5.56 Å². The summed E-state index contributed by atoms with van der Waals surface area (Å²) in [5.41, 5.74) is 0.725. The minimum Gasteiger partial charge on any atom is -0.493 e. The van der Waals surface area contributed by atoms with E-state index in [9.17, 15) is 14.7 Å². The number of rotatable bonds is 4. The Hall–Kier alpha value is -2.24. The topological polar surface area (TPSA) is 76.1 Å². The molecular weight excluding hydrogens is 262 g/mol. The summed E-state index contributed by atoms with van der Waals surface area (Å²) >= 11 is 0. The van der Waals surface area contributed by atoms with E-state index in [1.807, 2.05) is 0 Å². The van der Waals surface area contributed by atoms with Crippen LogP contribution in [0.1, 0.15) is 18.0 Å². The maximum atomic E-state index is 11.8. The van der Waals surface area contributed by atoms with E-state index in [0.29, 0.717) is 11.5 Å². The molecule has 0 saturated carbocycles. The number of carbonyl (C=O) groups excluding carboxylic acids is 1. The van der Waals surface area contributed by atoms with Gasteiger partial charge in [-0.3, -0.25) is 9.59 Å². The Morgan fingerprint density at radius 1 is 1.30 bits per heavy atom. The summed E-state index contributed by atoms with van der Waals surface area (Å²) in [6, 6.07) is 4.70. The second-order valence-electron chi connectivity index (χ2n) is 4.71. The van der Waals surface area contributed by atoms with Crippen LogP contribution < -0.4 is 9.47 Å². The summed E-state index contributed by atoms with van der Waals surface area (Å²) in [6.45, 7) is 0. The summed E-state index contributed by atoms with van der Waals surface area (Å²) < 4.78 is 10.4. The Balaban J connectivity index is 2.43. The molecular formula is C14H17NO5. The number of carboxylic acids is 1. The van der Waals surface area contributed by atoms with E-state index in [1.54, 1.807) is 25.2 Å². The molecule has 1 aliphatic rings. The fraction of sp³-hybridized carbons (Fsp3) is 0.429. The number of methoxy groups -OCH3 is 2. The molecule has 0 aliphatic carbocycles. The molecule has 1 heterocycles. The smallest absolute Gasteiger partial charge is 0.309 e. The zero-order valence-corrected chi connectivity index (χ0v) is 11.6. The van der Waals surface area contributed by atoms with E-state index in [1.165, 1.54) is 19.1 Å². The summed E-state index contributed by atoms with van der Waals surface area (Å²) in [5, 5.41) is 9.27. The quantitative estimate of drug-likeness (QED) is 0.899. The average molecular weight is 279 g/mol. The number of aliphatic carboxylic acids is 1. The first-order valence-corrected chi connectivity index (χ1v) is 6.20. The Kier molecular flexibility index (Phi) is 3.83. The molecule has 1 fully saturated rings. The number of hydrogen-bond donors (Lipinski definition) is 1. The van der Waals surface area contributed by atoms with Crippen LogP contribution in [-0.2, 0) is 9.59 Å². The summed E-state index contributed by atoms with van der Waals surface area (Å²) in [4.78, 5) is 24.5. The second kappa shape index (κ2) is 5.40. The number of ether oxygens (including phenoxy) is 2. The van der Waals surface area contributed by atoms with Gasteiger partial charge < -0.3 is 19.5 Å². The lowest BCUT2D eigenvalue weighted by molar-refractivity contribution is -0.142. The maximum Gasteiger partial charge on any atom is 0.309 e. The molecule has 1 aromatic rings. The van der Waals surface area contributed by atoms with Crippen molar-refractivity contribution >= 4 is 11.9 Å². The minimum absolute atomic E-state index is 0.0187. The van der Waals surface area contributed by atoms with Gasteiger partial charge in [-0.25, -0.2) is 0 Å². The number of carboxylic acid groups (broad SMARTS) is 1. The number of benzene rings is 1. The number of nitrogens with zero attached hydrogens (tertiary/aromatic N) is 1. The van der Waals surface area contributed by atoms with Crippen LogP contribution in [0.2, 0.25) is 0 Å². The van der Waals surface area contributed by atoms with E-state index in [2.05, 4.69) is 0 Å². The molecule has 20 heavy (non-hydrogen) atoms. The zero-order chi connectivity index (χ0) is 14.9. The molecule has 1 N–H and O–H groups in total. The highest BCUT2D eigenvalue weighted by molar-refractivity contribution is 5.87. The van der Waals surface area contributed by atoms with Crippen LogP contribution in [0, 0.1) is 5.92 Å². The first kappa shape index (κ1) is 14.2. The molecule has 0 spiro atoms. The van der Waals surface area contributed by atoms with Gasteiger partial charge in [-0.15, -0.1) is 0 Å². The van der Waals surface area contributed by atoms with Crippen molar-refractivity contribution in [2.75, 3.05) is 21.3 Å². The van der Waals surface area contributed by atoms with Gasteiger partial charge in [0, 0.05) is 13.5 Å². The normalized spacial score (nSPS) is 21.9. The highest BCUT2D eigenvalue weighted by Gasteiger charge is 2.43. The van der Waals surface area contributed by atoms with Gasteiger partial charge in [0.15, 0.2) is 11.5 Å². The molecule has 6 heteroatoms. The molecule has 2 rings (SSSR count). The van der Waals surface area contributed by atoms with Crippen molar-refractivity contribution in [3.63, 3.8) is 0 Å². The van der Waals surface area contributed by atoms with E-state index >= 15 is 0 Å². The van der Waals surface area contributed by atoms with Gasteiger partial charge in [0.05, 0.1) is 26.2 Å². The SMILES string of the molecule is COc1ccc([C@@H]2[C@H](C(=O)O)CC(=O)N2C)cc1OC. The van der Waals surface area contributed by atoms with Gasteiger partial charge in [-0.05, 0) is 17.7 Å². The van der Waals surface area contributed by atoms with E-state index in [-0.39, 0.29) is 12.3 Å². The lowest BCUT2D eigenvalue weighted by Crippen LogP contribution is -2.26. The summed E-state index contributed by atoms with van der Waals surface area (Å²) in [7, 11) is 4.66. The van der Waals surface area contributed by atoms with Gasteiger partial charge in [-0.2, -0.15) is 0 Å². The Labute approximate surface area is 116 Å².